The van der Waals surface area contributed by atoms with Crippen LogP contribution in [0.1, 0.15) is 42.8 Å². The Balaban J connectivity index is 1.67. The first-order chi connectivity index (χ1) is 14.7. The minimum Gasteiger partial charge on any atom is -0.338 e. The van der Waals surface area contributed by atoms with E-state index in [9.17, 15) is 0 Å². The zero-order chi connectivity index (χ0) is 20.9. The highest BCUT2D eigenvalue weighted by Gasteiger charge is 2.22. The molecule has 0 fully saturated rings. The summed E-state index contributed by atoms with van der Waals surface area (Å²) in [6, 6.07) is 17.9. The molecule has 1 atom stereocenters. The molecule has 0 saturated heterocycles. The van der Waals surface area contributed by atoms with Crippen LogP contribution in [-0.4, -0.2) is 24.9 Å². The van der Waals surface area contributed by atoms with Crippen LogP contribution in [0.2, 0.25) is 5.02 Å². The maximum Gasteiger partial charge on any atom is 0.239 e. The molecule has 2 aromatic carbocycles. The minimum atomic E-state index is -0.0547. The molecule has 8 heteroatoms. The van der Waals surface area contributed by atoms with Crippen LogP contribution in [0.5, 0.6) is 0 Å². The molecule has 154 valence electrons. The van der Waals surface area contributed by atoms with Crippen LogP contribution >= 0.6 is 23.4 Å². The van der Waals surface area contributed by atoms with Gasteiger partial charge in [-0.05, 0) is 31.0 Å². The highest BCUT2D eigenvalue weighted by molar-refractivity contribution is 7.99. The molecule has 0 N–H and O–H groups in total. The van der Waals surface area contributed by atoms with E-state index in [0.29, 0.717) is 17.5 Å². The summed E-state index contributed by atoms with van der Waals surface area (Å²) in [4.78, 5) is 4.51. The van der Waals surface area contributed by atoms with Gasteiger partial charge in [0.25, 0.3) is 0 Å². The van der Waals surface area contributed by atoms with Crippen molar-refractivity contribution in [3.05, 3.63) is 76.9 Å². The van der Waals surface area contributed by atoms with E-state index in [1.807, 2.05) is 49.4 Å². The summed E-state index contributed by atoms with van der Waals surface area (Å²) in [7, 11) is 0. The summed E-state index contributed by atoms with van der Waals surface area (Å²) in [5.74, 6) is 2.07. The van der Waals surface area contributed by atoms with Crippen molar-refractivity contribution < 1.29 is 4.52 Å². The van der Waals surface area contributed by atoms with Crippen molar-refractivity contribution in [2.75, 3.05) is 0 Å². The number of hydrogen-bond acceptors (Lipinski definition) is 6. The zero-order valence-electron chi connectivity index (χ0n) is 16.8. The number of aryl methyl sites for hydroxylation is 1. The molecule has 0 bridgehead atoms. The van der Waals surface area contributed by atoms with Gasteiger partial charge < -0.3 is 4.52 Å². The number of rotatable bonds is 8. The van der Waals surface area contributed by atoms with Gasteiger partial charge in [0.2, 0.25) is 5.89 Å². The Labute approximate surface area is 184 Å². The van der Waals surface area contributed by atoms with Gasteiger partial charge in [0, 0.05) is 12.0 Å². The van der Waals surface area contributed by atoms with Crippen LogP contribution < -0.4 is 0 Å². The van der Waals surface area contributed by atoms with Crippen LogP contribution in [0.3, 0.4) is 0 Å². The Morgan fingerprint density at radius 1 is 1.07 bits per heavy atom. The fourth-order valence-electron chi connectivity index (χ4n) is 3.09. The Bertz CT molecular complexity index is 1110. The first-order valence-electron chi connectivity index (χ1n) is 9.87. The molecule has 4 rings (SSSR count). The van der Waals surface area contributed by atoms with Crippen LogP contribution in [0, 0.1) is 0 Å². The van der Waals surface area contributed by atoms with Gasteiger partial charge in [0.15, 0.2) is 16.8 Å². The predicted octanol–water partition coefficient (Wildman–Crippen LogP) is 5.84. The molecule has 0 aliphatic carbocycles. The van der Waals surface area contributed by atoms with E-state index in [4.69, 9.17) is 16.1 Å². The smallest absolute Gasteiger partial charge is 0.239 e. The second-order valence-corrected chi connectivity index (χ2v) is 8.63. The van der Waals surface area contributed by atoms with E-state index >= 15 is 0 Å². The molecule has 0 amide bonds. The molecule has 2 heterocycles. The van der Waals surface area contributed by atoms with Crippen molar-refractivity contribution >= 4 is 23.4 Å². The molecular weight excluding hydrogens is 418 g/mol. The molecule has 2 aromatic heterocycles. The van der Waals surface area contributed by atoms with Crippen molar-refractivity contribution in [2.24, 2.45) is 0 Å². The third-order valence-corrected chi connectivity index (χ3v) is 6.00. The van der Waals surface area contributed by atoms with Gasteiger partial charge in [-0.3, -0.25) is 4.57 Å². The van der Waals surface area contributed by atoms with Crippen molar-refractivity contribution in [3.63, 3.8) is 0 Å². The number of aromatic nitrogens is 5. The third kappa shape index (κ3) is 4.57. The summed E-state index contributed by atoms with van der Waals surface area (Å²) >= 11 is 8.00. The molecule has 0 aliphatic rings. The molecule has 30 heavy (non-hydrogen) atoms. The summed E-state index contributed by atoms with van der Waals surface area (Å²) in [5.41, 5.74) is 2.01. The first kappa shape index (κ1) is 20.6. The molecule has 0 saturated carbocycles. The van der Waals surface area contributed by atoms with Gasteiger partial charge in [0.05, 0.1) is 16.8 Å². The molecule has 0 aliphatic heterocycles. The molecule has 0 radical (unpaired) electrons. The lowest BCUT2D eigenvalue weighted by molar-refractivity contribution is 0.374. The number of nitrogens with zero attached hydrogens (tertiary/aromatic N) is 5. The largest absolute Gasteiger partial charge is 0.338 e. The second kappa shape index (κ2) is 9.45. The fraction of sp³-hybridized carbons (Fsp3) is 0.273. The fourth-order valence-corrected chi connectivity index (χ4v) is 4.19. The highest BCUT2D eigenvalue weighted by Crippen LogP contribution is 2.36. The van der Waals surface area contributed by atoms with Crippen LogP contribution in [0.25, 0.3) is 11.4 Å². The van der Waals surface area contributed by atoms with Crippen molar-refractivity contribution in [1.29, 1.82) is 0 Å². The van der Waals surface area contributed by atoms with E-state index in [-0.39, 0.29) is 5.25 Å². The Kier molecular flexibility index (Phi) is 6.50. The lowest BCUT2D eigenvalue weighted by Crippen LogP contribution is -2.05. The first-order valence-corrected chi connectivity index (χ1v) is 11.1. The zero-order valence-corrected chi connectivity index (χ0v) is 18.4. The molecular formula is C22H22ClN5OS. The van der Waals surface area contributed by atoms with Crippen molar-refractivity contribution in [2.45, 2.75) is 43.6 Å². The van der Waals surface area contributed by atoms with E-state index in [2.05, 4.69) is 44.0 Å². The number of hydrogen-bond donors (Lipinski definition) is 0. The van der Waals surface area contributed by atoms with E-state index in [0.717, 1.165) is 40.8 Å². The van der Waals surface area contributed by atoms with Gasteiger partial charge in [-0.15, -0.1) is 10.2 Å². The average molecular weight is 440 g/mol. The number of benzene rings is 2. The maximum absolute atomic E-state index is 6.46. The average Bonchev–Trinajstić information content (AvgIpc) is 3.37. The SMILES string of the molecule is CCCc1noc([C@H](C)Sc2nnc(-c3ccccc3Cl)n2Cc2ccccc2)n1. The Morgan fingerprint density at radius 3 is 2.60 bits per heavy atom. The van der Waals surface area contributed by atoms with E-state index in [1.165, 1.54) is 0 Å². The summed E-state index contributed by atoms with van der Waals surface area (Å²) in [6.07, 6.45) is 1.79. The predicted molar refractivity (Wildman–Crippen MR) is 119 cm³/mol. The summed E-state index contributed by atoms with van der Waals surface area (Å²) in [5, 5.41) is 14.4. The topological polar surface area (TPSA) is 69.6 Å². The summed E-state index contributed by atoms with van der Waals surface area (Å²) < 4.78 is 7.54. The Morgan fingerprint density at radius 2 is 1.83 bits per heavy atom. The maximum atomic E-state index is 6.46. The summed E-state index contributed by atoms with van der Waals surface area (Å²) in [6.45, 7) is 4.76. The minimum absolute atomic E-state index is 0.0547. The number of halogens is 1. The van der Waals surface area contributed by atoms with Crippen molar-refractivity contribution in [1.82, 2.24) is 24.9 Å². The highest BCUT2D eigenvalue weighted by atomic mass is 35.5. The van der Waals surface area contributed by atoms with Crippen LogP contribution in [-0.2, 0) is 13.0 Å². The Hall–Kier alpha value is -2.64. The standard InChI is InChI=1S/C22H22ClN5OS/c1-3-9-19-24-21(29-27-19)15(2)30-22-26-25-20(17-12-7-8-13-18(17)23)28(22)14-16-10-5-4-6-11-16/h4-8,10-13,15H,3,9,14H2,1-2H3/t15-/m0/s1. The second-order valence-electron chi connectivity index (χ2n) is 6.92. The normalized spacial score (nSPS) is 12.2. The molecule has 0 unspecified atom stereocenters. The van der Waals surface area contributed by atoms with Crippen molar-refractivity contribution in [3.8, 4) is 11.4 Å². The van der Waals surface area contributed by atoms with E-state index in [1.54, 1.807) is 11.8 Å². The lowest BCUT2D eigenvalue weighted by atomic mass is 10.2. The van der Waals surface area contributed by atoms with Gasteiger partial charge >= 0.3 is 0 Å². The number of thioether (sulfide) groups is 1. The lowest BCUT2D eigenvalue weighted by Gasteiger charge is -2.12. The van der Waals surface area contributed by atoms with Gasteiger partial charge in [0.1, 0.15) is 0 Å². The molecule has 0 spiro atoms. The van der Waals surface area contributed by atoms with Gasteiger partial charge in [-0.2, -0.15) is 4.98 Å². The van der Waals surface area contributed by atoms with Crippen LogP contribution in [0.15, 0.2) is 64.3 Å². The monoisotopic (exact) mass is 439 g/mol. The van der Waals surface area contributed by atoms with Gasteiger partial charge in [-0.1, -0.05) is 77.9 Å². The molecule has 6 nitrogen and oxygen atoms in total. The molecule has 4 aromatic rings. The van der Waals surface area contributed by atoms with E-state index < -0.39 is 0 Å². The van der Waals surface area contributed by atoms with Crippen LogP contribution in [0.4, 0.5) is 0 Å². The van der Waals surface area contributed by atoms with Gasteiger partial charge in [-0.25, -0.2) is 0 Å². The quantitative estimate of drug-likeness (QED) is 0.321. The third-order valence-electron chi connectivity index (χ3n) is 4.60.